The average Bonchev–Trinajstić information content (AvgIpc) is 2.40. The molecular weight excluding hydrogens is 250 g/mol. The van der Waals surface area contributed by atoms with Gasteiger partial charge in [0.05, 0.1) is 23.9 Å². The number of anilines is 1. The van der Waals surface area contributed by atoms with Crippen molar-refractivity contribution in [2.24, 2.45) is 0 Å². The summed E-state index contributed by atoms with van der Waals surface area (Å²) in [6.07, 6.45) is 3.20. The van der Waals surface area contributed by atoms with Crippen LogP contribution in [0.5, 0.6) is 0 Å². The molecule has 1 aliphatic rings. The molecule has 0 atom stereocenters. The Balaban J connectivity index is 2.10. The minimum absolute atomic E-state index is 0.0257. The van der Waals surface area contributed by atoms with Gasteiger partial charge in [-0.15, -0.1) is 0 Å². The molecule has 3 nitrogen and oxygen atoms in total. The second-order valence-electron chi connectivity index (χ2n) is 4.44. The van der Waals surface area contributed by atoms with Crippen LogP contribution in [0.1, 0.15) is 12.0 Å². The Morgan fingerprint density at radius 1 is 1.44 bits per heavy atom. The summed E-state index contributed by atoms with van der Waals surface area (Å²) in [5, 5.41) is 9.76. The van der Waals surface area contributed by atoms with Crippen LogP contribution < -0.4 is 4.90 Å². The summed E-state index contributed by atoms with van der Waals surface area (Å²) in [7, 11) is 1.72. The first kappa shape index (κ1) is 13.4. The highest BCUT2D eigenvalue weighted by Crippen LogP contribution is 2.29. The van der Waals surface area contributed by atoms with Crippen molar-refractivity contribution in [1.29, 1.82) is 0 Å². The molecule has 0 spiro atoms. The second-order valence-corrected chi connectivity index (χ2v) is 4.84. The van der Waals surface area contributed by atoms with Gasteiger partial charge in [-0.2, -0.15) is 0 Å². The number of aliphatic hydroxyl groups is 1. The predicted octanol–water partition coefficient (Wildman–Crippen LogP) is 2.62. The lowest BCUT2D eigenvalue weighted by Gasteiger charge is -2.29. The van der Waals surface area contributed by atoms with Crippen LogP contribution in [0, 0.1) is 0 Å². The SMILES string of the molecule is COCC1=CCN(c2ccc(CO)cc2Cl)CC1. The van der Waals surface area contributed by atoms with Crippen molar-refractivity contribution in [3.63, 3.8) is 0 Å². The first-order valence-corrected chi connectivity index (χ1v) is 6.43. The molecule has 0 radical (unpaired) electrons. The summed E-state index contributed by atoms with van der Waals surface area (Å²) in [4.78, 5) is 2.24. The molecule has 0 saturated carbocycles. The number of nitrogens with zero attached hydrogens (tertiary/aromatic N) is 1. The molecule has 0 unspecified atom stereocenters. The smallest absolute Gasteiger partial charge is 0.0682 e. The van der Waals surface area contributed by atoms with Crippen LogP contribution in [-0.4, -0.2) is 31.9 Å². The minimum Gasteiger partial charge on any atom is -0.392 e. The van der Waals surface area contributed by atoms with Gasteiger partial charge < -0.3 is 14.7 Å². The number of ether oxygens (including phenoxy) is 1. The second kappa shape index (κ2) is 6.23. The van der Waals surface area contributed by atoms with Gasteiger partial charge in [0.15, 0.2) is 0 Å². The van der Waals surface area contributed by atoms with Crippen LogP contribution in [0.4, 0.5) is 5.69 Å². The molecule has 0 aliphatic carbocycles. The fourth-order valence-corrected chi connectivity index (χ4v) is 2.47. The largest absolute Gasteiger partial charge is 0.392 e. The Morgan fingerprint density at radius 3 is 2.83 bits per heavy atom. The van der Waals surface area contributed by atoms with Crippen molar-refractivity contribution in [2.75, 3.05) is 31.7 Å². The van der Waals surface area contributed by atoms with Crippen molar-refractivity contribution in [1.82, 2.24) is 0 Å². The molecule has 0 aromatic heterocycles. The fourth-order valence-electron chi connectivity index (χ4n) is 2.15. The van der Waals surface area contributed by atoms with E-state index in [1.54, 1.807) is 7.11 Å². The molecule has 0 saturated heterocycles. The number of hydrogen-bond acceptors (Lipinski definition) is 3. The molecule has 1 aromatic rings. The minimum atomic E-state index is 0.0257. The van der Waals surface area contributed by atoms with Gasteiger partial charge in [0, 0.05) is 20.2 Å². The van der Waals surface area contributed by atoms with E-state index in [-0.39, 0.29) is 6.61 Å². The number of benzene rings is 1. The molecule has 1 heterocycles. The lowest BCUT2D eigenvalue weighted by Crippen LogP contribution is -2.29. The summed E-state index contributed by atoms with van der Waals surface area (Å²) in [6, 6.07) is 5.71. The van der Waals surface area contributed by atoms with E-state index in [0.717, 1.165) is 30.8 Å². The summed E-state index contributed by atoms with van der Waals surface area (Å²) >= 11 is 6.24. The van der Waals surface area contributed by atoms with E-state index in [9.17, 15) is 0 Å². The molecule has 4 heteroatoms. The lowest BCUT2D eigenvalue weighted by molar-refractivity contribution is 0.222. The third-order valence-corrected chi connectivity index (χ3v) is 3.47. The van der Waals surface area contributed by atoms with Gasteiger partial charge in [0.25, 0.3) is 0 Å². The standard InChI is InChI=1S/C14H18ClNO2/c1-18-10-11-4-6-16(7-5-11)14-3-2-12(9-17)8-13(14)15/h2-4,8,17H,5-7,9-10H2,1H3. The van der Waals surface area contributed by atoms with Crippen LogP contribution in [-0.2, 0) is 11.3 Å². The molecule has 0 fully saturated rings. The van der Waals surface area contributed by atoms with E-state index in [1.165, 1.54) is 5.57 Å². The van der Waals surface area contributed by atoms with Crippen LogP contribution in [0.3, 0.4) is 0 Å². The van der Waals surface area contributed by atoms with Gasteiger partial charge in [-0.1, -0.05) is 23.7 Å². The Morgan fingerprint density at radius 2 is 2.28 bits per heavy atom. The maximum absolute atomic E-state index is 9.06. The Bertz CT molecular complexity index is 445. The summed E-state index contributed by atoms with van der Waals surface area (Å²) in [5.74, 6) is 0. The summed E-state index contributed by atoms with van der Waals surface area (Å²) in [5.41, 5.74) is 3.22. The summed E-state index contributed by atoms with van der Waals surface area (Å²) < 4.78 is 5.14. The van der Waals surface area contributed by atoms with E-state index < -0.39 is 0 Å². The van der Waals surface area contributed by atoms with Crippen LogP contribution in [0.15, 0.2) is 29.8 Å². The Labute approximate surface area is 113 Å². The van der Waals surface area contributed by atoms with Crippen LogP contribution in [0.2, 0.25) is 5.02 Å². The first-order chi connectivity index (χ1) is 8.74. The zero-order valence-electron chi connectivity index (χ0n) is 10.5. The lowest BCUT2D eigenvalue weighted by atomic mass is 10.1. The van der Waals surface area contributed by atoms with Crippen molar-refractivity contribution < 1.29 is 9.84 Å². The van der Waals surface area contributed by atoms with Crippen LogP contribution in [0.25, 0.3) is 0 Å². The molecule has 98 valence electrons. The van der Waals surface area contributed by atoms with Gasteiger partial charge in [0.2, 0.25) is 0 Å². The molecule has 0 amide bonds. The topological polar surface area (TPSA) is 32.7 Å². The van der Waals surface area contributed by atoms with E-state index in [4.69, 9.17) is 21.4 Å². The number of methoxy groups -OCH3 is 1. The quantitative estimate of drug-likeness (QED) is 0.852. The third kappa shape index (κ3) is 3.05. The average molecular weight is 268 g/mol. The number of aliphatic hydroxyl groups excluding tert-OH is 1. The molecule has 2 rings (SSSR count). The maximum Gasteiger partial charge on any atom is 0.0682 e. The van der Waals surface area contributed by atoms with Crippen molar-refractivity contribution in [3.05, 3.63) is 40.4 Å². The van der Waals surface area contributed by atoms with Crippen LogP contribution >= 0.6 is 11.6 Å². The molecule has 1 aliphatic heterocycles. The third-order valence-electron chi connectivity index (χ3n) is 3.17. The van der Waals surface area contributed by atoms with Gasteiger partial charge in [-0.05, 0) is 29.7 Å². The van der Waals surface area contributed by atoms with Gasteiger partial charge in [-0.3, -0.25) is 0 Å². The maximum atomic E-state index is 9.06. The monoisotopic (exact) mass is 267 g/mol. The van der Waals surface area contributed by atoms with E-state index in [1.807, 2.05) is 18.2 Å². The molecule has 1 N–H and O–H groups in total. The highest BCUT2D eigenvalue weighted by molar-refractivity contribution is 6.33. The van der Waals surface area contributed by atoms with Gasteiger partial charge in [0.1, 0.15) is 0 Å². The van der Waals surface area contributed by atoms with Crippen molar-refractivity contribution in [2.45, 2.75) is 13.0 Å². The molecule has 18 heavy (non-hydrogen) atoms. The van der Waals surface area contributed by atoms with Crippen molar-refractivity contribution in [3.8, 4) is 0 Å². The zero-order valence-corrected chi connectivity index (χ0v) is 11.3. The number of hydrogen-bond donors (Lipinski definition) is 1. The molecule has 1 aromatic carbocycles. The van der Waals surface area contributed by atoms with Crippen molar-refractivity contribution >= 4 is 17.3 Å². The zero-order chi connectivity index (χ0) is 13.0. The normalized spacial score (nSPS) is 15.7. The van der Waals surface area contributed by atoms with Gasteiger partial charge >= 0.3 is 0 Å². The van der Waals surface area contributed by atoms with E-state index >= 15 is 0 Å². The number of rotatable bonds is 4. The number of halogens is 1. The Kier molecular flexibility index (Phi) is 4.64. The molecular formula is C14H18ClNO2. The fraction of sp³-hybridized carbons (Fsp3) is 0.429. The Hall–Kier alpha value is -1.03. The highest BCUT2D eigenvalue weighted by Gasteiger charge is 2.14. The predicted molar refractivity (Wildman–Crippen MR) is 74.2 cm³/mol. The van der Waals surface area contributed by atoms with Gasteiger partial charge in [-0.25, -0.2) is 0 Å². The molecule has 0 bridgehead atoms. The first-order valence-electron chi connectivity index (χ1n) is 6.05. The van der Waals surface area contributed by atoms with E-state index in [2.05, 4.69) is 11.0 Å². The summed E-state index contributed by atoms with van der Waals surface area (Å²) in [6.45, 7) is 2.55. The highest BCUT2D eigenvalue weighted by atomic mass is 35.5. The van der Waals surface area contributed by atoms with E-state index in [0.29, 0.717) is 11.6 Å².